The average molecular weight is 596 g/mol. The zero-order valence-electron chi connectivity index (χ0n) is 22.1. The van der Waals surface area contributed by atoms with Crippen molar-refractivity contribution in [2.24, 2.45) is 0 Å². The quantitative estimate of drug-likeness (QED) is 0.364. The topological polar surface area (TPSA) is 86.8 Å². The number of alkyl halides is 3. The van der Waals surface area contributed by atoms with Gasteiger partial charge in [-0.25, -0.2) is 8.42 Å². The van der Waals surface area contributed by atoms with Gasteiger partial charge in [-0.05, 0) is 36.2 Å². The molecule has 12 heteroatoms. The molecular weight excluding hydrogens is 567 g/mol. The molecule has 0 saturated carbocycles. The number of likely N-dealkylation sites (N-methyl/N-ethyl adjacent to an activating group) is 1. The third-order valence-electron chi connectivity index (χ3n) is 6.21. The average Bonchev–Trinajstić information content (AvgIpc) is 2.89. The van der Waals surface area contributed by atoms with Crippen molar-refractivity contribution in [1.29, 1.82) is 0 Å². The normalized spacial score (nSPS) is 12.5. The minimum Gasteiger partial charge on any atom is -0.357 e. The van der Waals surface area contributed by atoms with E-state index in [1.54, 1.807) is 42.5 Å². The lowest BCUT2D eigenvalue weighted by Crippen LogP contribution is -2.52. The van der Waals surface area contributed by atoms with Crippen molar-refractivity contribution in [3.05, 3.63) is 100 Å². The van der Waals surface area contributed by atoms with E-state index in [1.807, 2.05) is 19.1 Å². The number of nitrogens with one attached hydrogen (secondary N) is 1. The molecule has 0 radical (unpaired) electrons. The first-order valence-corrected chi connectivity index (χ1v) is 14.4. The van der Waals surface area contributed by atoms with E-state index < -0.39 is 51.9 Å². The maximum absolute atomic E-state index is 13.9. The lowest BCUT2D eigenvalue weighted by molar-refractivity contribution is -0.139. The largest absolute Gasteiger partial charge is 0.416 e. The summed E-state index contributed by atoms with van der Waals surface area (Å²) in [7, 11) is -2.87. The molecule has 0 fully saturated rings. The number of hydrogen-bond donors (Lipinski definition) is 1. The molecule has 1 atom stereocenters. The van der Waals surface area contributed by atoms with E-state index in [0.29, 0.717) is 15.9 Å². The second kappa shape index (κ2) is 12.7. The van der Waals surface area contributed by atoms with E-state index in [9.17, 15) is 31.2 Å². The molecule has 0 saturated heterocycles. The fraction of sp³-hybridized carbons (Fsp3) is 0.286. The minimum atomic E-state index is -4.77. The first kappa shape index (κ1) is 31.0. The number of carbonyl (C=O) groups excluding carboxylic acids is 2. The molecular formula is C28H29ClF3N3O4S. The van der Waals surface area contributed by atoms with Crippen LogP contribution in [0.15, 0.2) is 72.8 Å². The highest BCUT2D eigenvalue weighted by molar-refractivity contribution is 7.92. The lowest BCUT2D eigenvalue weighted by atomic mass is 10.0. The van der Waals surface area contributed by atoms with Gasteiger partial charge in [-0.3, -0.25) is 13.9 Å². The summed E-state index contributed by atoms with van der Waals surface area (Å²) in [5, 5.41) is 2.26. The van der Waals surface area contributed by atoms with Crippen molar-refractivity contribution in [1.82, 2.24) is 10.2 Å². The van der Waals surface area contributed by atoms with Crippen molar-refractivity contribution in [3.63, 3.8) is 0 Å². The van der Waals surface area contributed by atoms with Crippen LogP contribution in [0.2, 0.25) is 5.02 Å². The summed E-state index contributed by atoms with van der Waals surface area (Å²) in [6.45, 7) is 0.949. The number of carbonyl (C=O) groups is 2. The number of aryl methyl sites for hydroxylation is 1. The van der Waals surface area contributed by atoms with Gasteiger partial charge in [0.1, 0.15) is 12.6 Å². The van der Waals surface area contributed by atoms with Gasteiger partial charge in [0.05, 0.1) is 22.5 Å². The molecule has 2 amide bonds. The van der Waals surface area contributed by atoms with Crippen LogP contribution >= 0.6 is 11.6 Å². The number of sulfonamides is 1. The van der Waals surface area contributed by atoms with Crippen LogP contribution in [-0.4, -0.2) is 51.0 Å². The summed E-state index contributed by atoms with van der Waals surface area (Å²) >= 11 is 6.13. The van der Waals surface area contributed by atoms with Gasteiger partial charge in [0.2, 0.25) is 21.8 Å². The standard InChI is InChI=1S/C28H29ClF3N3O4S/c1-19-9-11-21(12-10-19)17-34(25(27(37)33-2)15-20-7-5-4-6-8-20)26(36)18-35(40(3,38)39)24-16-22(28(30,31)32)13-14-23(24)29/h4-14,16,25H,15,17-18H2,1-3H3,(H,33,37)/t25-/m1/s1. The number of hydrogen-bond acceptors (Lipinski definition) is 4. The first-order valence-electron chi connectivity index (χ1n) is 12.2. The van der Waals surface area contributed by atoms with Crippen molar-refractivity contribution >= 4 is 39.1 Å². The summed E-state index contributed by atoms with van der Waals surface area (Å²) in [6.07, 6.45) is -3.90. The Bertz CT molecular complexity index is 1450. The van der Waals surface area contributed by atoms with E-state index in [1.165, 1.54) is 11.9 Å². The Morgan fingerprint density at radius 1 is 0.975 bits per heavy atom. The van der Waals surface area contributed by atoms with Crippen LogP contribution in [0.1, 0.15) is 22.3 Å². The molecule has 40 heavy (non-hydrogen) atoms. The van der Waals surface area contributed by atoms with E-state index in [2.05, 4.69) is 5.32 Å². The van der Waals surface area contributed by atoms with Gasteiger partial charge in [-0.15, -0.1) is 0 Å². The number of halogens is 4. The van der Waals surface area contributed by atoms with Crippen LogP contribution < -0.4 is 9.62 Å². The molecule has 214 valence electrons. The molecule has 3 rings (SSSR count). The Labute approximate surface area is 236 Å². The van der Waals surface area contributed by atoms with Crippen LogP contribution in [0, 0.1) is 6.92 Å². The molecule has 0 bridgehead atoms. The predicted molar refractivity (Wildman–Crippen MR) is 148 cm³/mol. The highest BCUT2D eigenvalue weighted by Crippen LogP contribution is 2.36. The number of amides is 2. The van der Waals surface area contributed by atoms with E-state index in [-0.39, 0.29) is 18.0 Å². The molecule has 3 aromatic rings. The molecule has 0 aliphatic carbocycles. The summed E-state index contributed by atoms with van der Waals surface area (Å²) in [5.74, 6) is -1.30. The Kier molecular flexibility index (Phi) is 9.86. The summed E-state index contributed by atoms with van der Waals surface area (Å²) in [4.78, 5) is 28.2. The Morgan fingerprint density at radius 3 is 2.15 bits per heavy atom. The maximum atomic E-state index is 13.9. The molecule has 1 N–H and O–H groups in total. The van der Waals surface area contributed by atoms with Gasteiger partial charge in [0.15, 0.2) is 0 Å². The second-order valence-corrected chi connectivity index (χ2v) is 11.6. The summed E-state index contributed by atoms with van der Waals surface area (Å²) < 4.78 is 66.4. The van der Waals surface area contributed by atoms with Crippen LogP contribution in [0.5, 0.6) is 0 Å². The van der Waals surface area contributed by atoms with Crippen LogP contribution in [-0.2, 0) is 38.8 Å². The third-order valence-corrected chi connectivity index (χ3v) is 7.66. The summed E-state index contributed by atoms with van der Waals surface area (Å²) in [5.41, 5.74) is 0.762. The summed E-state index contributed by atoms with van der Waals surface area (Å²) in [6, 6.07) is 17.3. The molecule has 0 aromatic heterocycles. The van der Waals surface area contributed by atoms with Crippen LogP contribution in [0.4, 0.5) is 18.9 Å². The Morgan fingerprint density at radius 2 is 1.60 bits per heavy atom. The second-order valence-electron chi connectivity index (χ2n) is 9.26. The molecule has 7 nitrogen and oxygen atoms in total. The van der Waals surface area contributed by atoms with Crippen molar-refractivity contribution in [2.75, 3.05) is 24.2 Å². The predicted octanol–water partition coefficient (Wildman–Crippen LogP) is 4.82. The van der Waals surface area contributed by atoms with Gasteiger partial charge in [0, 0.05) is 20.0 Å². The first-order chi connectivity index (χ1) is 18.7. The van der Waals surface area contributed by atoms with Gasteiger partial charge in [0.25, 0.3) is 0 Å². The fourth-order valence-electron chi connectivity index (χ4n) is 4.09. The van der Waals surface area contributed by atoms with E-state index in [4.69, 9.17) is 11.6 Å². The molecule has 0 heterocycles. The Hall–Kier alpha value is -3.57. The molecule has 0 aliphatic rings. The SMILES string of the molecule is CNC(=O)[C@@H](Cc1ccccc1)N(Cc1ccc(C)cc1)C(=O)CN(c1cc(C(F)(F)F)ccc1Cl)S(C)(=O)=O. The fourth-order valence-corrected chi connectivity index (χ4v) is 5.21. The molecule has 3 aromatic carbocycles. The third kappa shape index (κ3) is 7.98. The van der Waals surface area contributed by atoms with Gasteiger partial charge in [-0.2, -0.15) is 13.2 Å². The van der Waals surface area contributed by atoms with Crippen LogP contribution in [0.3, 0.4) is 0 Å². The minimum absolute atomic E-state index is 0.0576. The maximum Gasteiger partial charge on any atom is 0.416 e. The van der Waals surface area contributed by atoms with Gasteiger partial charge < -0.3 is 10.2 Å². The Balaban J connectivity index is 2.08. The number of nitrogens with zero attached hydrogens (tertiary/aromatic N) is 2. The highest BCUT2D eigenvalue weighted by atomic mass is 35.5. The number of anilines is 1. The highest BCUT2D eigenvalue weighted by Gasteiger charge is 2.35. The van der Waals surface area contributed by atoms with E-state index in [0.717, 1.165) is 29.5 Å². The van der Waals surface area contributed by atoms with Gasteiger partial charge in [-0.1, -0.05) is 71.8 Å². The zero-order valence-corrected chi connectivity index (χ0v) is 23.6. The smallest absolute Gasteiger partial charge is 0.357 e. The monoisotopic (exact) mass is 595 g/mol. The van der Waals surface area contributed by atoms with Crippen molar-refractivity contribution < 1.29 is 31.2 Å². The van der Waals surface area contributed by atoms with Crippen LogP contribution in [0.25, 0.3) is 0 Å². The van der Waals surface area contributed by atoms with Crippen molar-refractivity contribution in [2.45, 2.75) is 32.1 Å². The van der Waals surface area contributed by atoms with Crippen molar-refractivity contribution in [3.8, 4) is 0 Å². The molecule has 0 spiro atoms. The number of rotatable bonds is 10. The molecule has 0 aliphatic heterocycles. The lowest BCUT2D eigenvalue weighted by Gasteiger charge is -2.33. The zero-order chi connectivity index (χ0) is 29.7. The molecule has 0 unspecified atom stereocenters. The number of benzene rings is 3. The van der Waals surface area contributed by atoms with E-state index >= 15 is 0 Å². The van der Waals surface area contributed by atoms with Gasteiger partial charge >= 0.3 is 6.18 Å².